The molecule has 0 bridgehead atoms. The molecule has 2 rings (SSSR count). The molecule has 6 nitrogen and oxygen atoms in total. The first-order chi connectivity index (χ1) is 9.56. The predicted octanol–water partition coefficient (Wildman–Crippen LogP) is 0.467. The zero-order valence-corrected chi connectivity index (χ0v) is 12.2. The minimum atomic E-state index is -1.01. The fourth-order valence-electron chi connectivity index (χ4n) is 3.48. The van der Waals surface area contributed by atoms with Gasteiger partial charge in [-0.1, -0.05) is 13.3 Å². The van der Waals surface area contributed by atoms with Gasteiger partial charge in [-0.2, -0.15) is 0 Å². The number of nitrogens with zero attached hydrogens (tertiary/aromatic N) is 1. The summed E-state index contributed by atoms with van der Waals surface area (Å²) in [6.45, 7) is 3.38. The molecule has 0 aliphatic carbocycles. The van der Waals surface area contributed by atoms with Crippen LogP contribution in [-0.2, 0) is 14.3 Å². The minimum Gasteiger partial charge on any atom is -0.479 e. The number of amides is 1. The molecule has 0 aromatic carbocycles. The summed E-state index contributed by atoms with van der Waals surface area (Å²) in [5.41, 5.74) is -1.01. The van der Waals surface area contributed by atoms with E-state index in [1.807, 2.05) is 6.92 Å². The SMILES string of the molecule is CCCC1(C(=O)O)CCCN1C(=O)C1COCC1NC. The van der Waals surface area contributed by atoms with Gasteiger partial charge in [0.25, 0.3) is 0 Å². The Hall–Kier alpha value is -1.14. The Labute approximate surface area is 119 Å². The second-order valence-electron chi connectivity index (χ2n) is 5.72. The molecule has 20 heavy (non-hydrogen) atoms. The Morgan fingerprint density at radius 1 is 1.45 bits per heavy atom. The average molecular weight is 284 g/mol. The zero-order chi connectivity index (χ0) is 14.8. The van der Waals surface area contributed by atoms with Crippen LogP contribution in [0.3, 0.4) is 0 Å². The quantitative estimate of drug-likeness (QED) is 0.767. The van der Waals surface area contributed by atoms with Crippen molar-refractivity contribution < 1.29 is 19.4 Å². The molecule has 2 N–H and O–H groups in total. The third-order valence-electron chi connectivity index (χ3n) is 4.58. The number of ether oxygens (including phenoxy) is 1. The Morgan fingerprint density at radius 3 is 2.80 bits per heavy atom. The molecule has 114 valence electrons. The van der Waals surface area contributed by atoms with E-state index in [9.17, 15) is 14.7 Å². The number of hydrogen-bond donors (Lipinski definition) is 2. The molecule has 0 saturated carbocycles. The van der Waals surface area contributed by atoms with Crippen molar-refractivity contribution >= 4 is 11.9 Å². The summed E-state index contributed by atoms with van der Waals surface area (Å²) in [6, 6.07) is -0.0174. The van der Waals surface area contributed by atoms with E-state index < -0.39 is 11.5 Å². The highest BCUT2D eigenvalue weighted by molar-refractivity contribution is 5.89. The van der Waals surface area contributed by atoms with Crippen molar-refractivity contribution in [2.24, 2.45) is 5.92 Å². The van der Waals surface area contributed by atoms with Crippen LogP contribution in [0, 0.1) is 5.92 Å². The van der Waals surface area contributed by atoms with Crippen LogP contribution in [0.25, 0.3) is 0 Å². The van der Waals surface area contributed by atoms with Crippen molar-refractivity contribution in [3.8, 4) is 0 Å². The third kappa shape index (κ3) is 2.42. The second-order valence-corrected chi connectivity index (χ2v) is 5.72. The molecule has 2 aliphatic heterocycles. The molecule has 0 radical (unpaired) electrons. The zero-order valence-electron chi connectivity index (χ0n) is 12.2. The van der Waals surface area contributed by atoms with Crippen LogP contribution < -0.4 is 5.32 Å². The lowest BCUT2D eigenvalue weighted by Crippen LogP contribution is -2.56. The van der Waals surface area contributed by atoms with Gasteiger partial charge in [0.05, 0.1) is 19.1 Å². The lowest BCUT2D eigenvalue weighted by Gasteiger charge is -2.36. The minimum absolute atomic E-state index is 0.0174. The van der Waals surface area contributed by atoms with Crippen molar-refractivity contribution in [3.63, 3.8) is 0 Å². The maximum atomic E-state index is 12.8. The number of aliphatic carboxylic acids is 1. The summed E-state index contributed by atoms with van der Waals surface area (Å²) in [4.78, 5) is 26.1. The summed E-state index contributed by atoms with van der Waals surface area (Å²) in [7, 11) is 1.81. The van der Waals surface area contributed by atoms with E-state index in [0.29, 0.717) is 32.6 Å². The first kappa shape index (κ1) is 15.3. The second kappa shape index (κ2) is 6.10. The molecule has 3 atom stereocenters. The van der Waals surface area contributed by atoms with Gasteiger partial charge < -0.3 is 20.1 Å². The molecule has 1 amide bonds. The lowest BCUT2D eigenvalue weighted by atomic mass is 9.89. The monoisotopic (exact) mass is 284 g/mol. The molecular weight excluding hydrogens is 260 g/mol. The van der Waals surface area contributed by atoms with E-state index in [-0.39, 0.29) is 17.9 Å². The first-order valence-corrected chi connectivity index (χ1v) is 7.36. The highest BCUT2D eigenvalue weighted by Crippen LogP contribution is 2.36. The van der Waals surface area contributed by atoms with Gasteiger partial charge in [0.2, 0.25) is 5.91 Å². The van der Waals surface area contributed by atoms with Crippen molar-refractivity contribution in [1.29, 1.82) is 0 Å². The topological polar surface area (TPSA) is 78.9 Å². The number of carboxylic acids is 1. The maximum absolute atomic E-state index is 12.8. The van der Waals surface area contributed by atoms with Gasteiger partial charge in [0, 0.05) is 12.6 Å². The molecule has 6 heteroatoms. The molecule has 3 unspecified atom stereocenters. The van der Waals surface area contributed by atoms with E-state index in [4.69, 9.17) is 4.74 Å². The number of carbonyl (C=O) groups is 2. The number of nitrogens with one attached hydrogen (secondary N) is 1. The Kier molecular flexibility index (Phi) is 4.65. The predicted molar refractivity (Wildman–Crippen MR) is 73.4 cm³/mol. The van der Waals surface area contributed by atoms with Crippen LogP contribution >= 0.6 is 0 Å². The summed E-state index contributed by atoms with van der Waals surface area (Å²) < 4.78 is 5.37. The van der Waals surface area contributed by atoms with E-state index in [2.05, 4.69) is 5.32 Å². The summed E-state index contributed by atoms with van der Waals surface area (Å²) in [6.07, 6.45) is 2.59. The largest absolute Gasteiger partial charge is 0.479 e. The number of likely N-dealkylation sites (N-methyl/N-ethyl adjacent to an activating group) is 1. The van der Waals surface area contributed by atoms with Gasteiger partial charge in [-0.3, -0.25) is 4.79 Å². The number of likely N-dealkylation sites (tertiary alicyclic amines) is 1. The maximum Gasteiger partial charge on any atom is 0.329 e. The lowest BCUT2D eigenvalue weighted by molar-refractivity contribution is -0.159. The number of hydrogen-bond acceptors (Lipinski definition) is 4. The normalized spacial score (nSPS) is 33.6. The van der Waals surface area contributed by atoms with Crippen molar-refractivity contribution in [2.45, 2.75) is 44.2 Å². The molecular formula is C14H24N2O4. The average Bonchev–Trinajstić information content (AvgIpc) is 3.05. The van der Waals surface area contributed by atoms with Crippen LogP contribution in [0.2, 0.25) is 0 Å². The van der Waals surface area contributed by atoms with E-state index in [1.165, 1.54) is 0 Å². The highest BCUT2D eigenvalue weighted by atomic mass is 16.5. The van der Waals surface area contributed by atoms with E-state index >= 15 is 0 Å². The van der Waals surface area contributed by atoms with Crippen LogP contribution in [-0.4, -0.2) is 60.3 Å². The number of carbonyl (C=O) groups excluding carboxylic acids is 1. The Morgan fingerprint density at radius 2 is 2.20 bits per heavy atom. The molecule has 2 fully saturated rings. The highest BCUT2D eigenvalue weighted by Gasteiger charge is 2.51. The van der Waals surface area contributed by atoms with Gasteiger partial charge >= 0.3 is 5.97 Å². The fourth-order valence-corrected chi connectivity index (χ4v) is 3.48. The number of carboxylic acid groups (broad SMARTS) is 1. The van der Waals surface area contributed by atoms with Gasteiger partial charge in [-0.25, -0.2) is 4.79 Å². The smallest absolute Gasteiger partial charge is 0.329 e. The third-order valence-corrected chi connectivity index (χ3v) is 4.58. The van der Waals surface area contributed by atoms with Gasteiger partial charge in [-0.05, 0) is 26.3 Å². The van der Waals surface area contributed by atoms with Gasteiger partial charge in [0.15, 0.2) is 0 Å². The van der Waals surface area contributed by atoms with Crippen LogP contribution in [0.1, 0.15) is 32.6 Å². The molecule has 0 aromatic rings. The molecule has 2 saturated heterocycles. The van der Waals surface area contributed by atoms with Gasteiger partial charge in [-0.15, -0.1) is 0 Å². The summed E-state index contributed by atoms with van der Waals surface area (Å²) in [5.74, 6) is -1.21. The molecule has 2 aliphatic rings. The fraction of sp³-hybridized carbons (Fsp3) is 0.857. The van der Waals surface area contributed by atoms with Crippen molar-refractivity contribution in [2.75, 3.05) is 26.8 Å². The molecule has 0 aromatic heterocycles. The standard InChI is InChI=1S/C14H24N2O4/c1-3-5-14(13(18)19)6-4-7-16(14)12(17)10-8-20-9-11(10)15-2/h10-11,15H,3-9H2,1-2H3,(H,18,19). The van der Waals surface area contributed by atoms with E-state index in [1.54, 1.807) is 11.9 Å². The molecule has 0 spiro atoms. The Bertz CT molecular complexity index is 387. The van der Waals surface area contributed by atoms with Crippen LogP contribution in [0.4, 0.5) is 0 Å². The summed E-state index contributed by atoms with van der Waals surface area (Å²) in [5, 5.41) is 12.7. The van der Waals surface area contributed by atoms with Crippen molar-refractivity contribution in [3.05, 3.63) is 0 Å². The summed E-state index contributed by atoms with van der Waals surface area (Å²) >= 11 is 0. The van der Waals surface area contributed by atoms with Crippen LogP contribution in [0.15, 0.2) is 0 Å². The Balaban J connectivity index is 2.21. The van der Waals surface area contributed by atoms with E-state index in [0.717, 1.165) is 12.8 Å². The molecule has 2 heterocycles. The van der Waals surface area contributed by atoms with Gasteiger partial charge in [0.1, 0.15) is 5.54 Å². The first-order valence-electron chi connectivity index (χ1n) is 7.36. The number of rotatable bonds is 5. The van der Waals surface area contributed by atoms with Crippen LogP contribution in [0.5, 0.6) is 0 Å². The van der Waals surface area contributed by atoms with Crippen molar-refractivity contribution in [1.82, 2.24) is 10.2 Å².